The first-order valence-corrected chi connectivity index (χ1v) is 11.5. The molecular weight excluding hydrogens is 334 g/mol. The van der Waals surface area contributed by atoms with Gasteiger partial charge in [0.15, 0.2) is 0 Å². The lowest BCUT2D eigenvalue weighted by molar-refractivity contribution is 0.0238. The Morgan fingerprint density at radius 2 is 1.00 bits per heavy atom. The summed E-state index contributed by atoms with van der Waals surface area (Å²) in [4.78, 5) is 7.54. The predicted molar refractivity (Wildman–Crippen MR) is 119 cm³/mol. The maximum atomic E-state index is 5.21. The smallest absolute Gasteiger partial charge is 0.0594 e. The van der Waals surface area contributed by atoms with Gasteiger partial charge in [-0.1, -0.05) is 6.42 Å². The van der Waals surface area contributed by atoms with Crippen molar-refractivity contribution in [3.8, 4) is 0 Å². The lowest BCUT2D eigenvalue weighted by Crippen LogP contribution is -2.40. The van der Waals surface area contributed by atoms with Crippen LogP contribution in [0.4, 0.5) is 0 Å². The quantitative estimate of drug-likeness (QED) is 0.699. The van der Waals surface area contributed by atoms with Crippen LogP contribution >= 0.6 is 0 Å². The summed E-state index contributed by atoms with van der Waals surface area (Å²) in [6.45, 7) is 25.2. The van der Waals surface area contributed by atoms with E-state index in [-0.39, 0.29) is 0 Å². The first-order chi connectivity index (χ1) is 12.7. The minimum absolute atomic E-state index is 0.413. The summed E-state index contributed by atoms with van der Waals surface area (Å²) in [6.07, 6.45) is 7.08. The van der Waals surface area contributed by atoms with Gasteiger partial charge in [-0.15, -0.1) is 0 Å². The van der Waals surface area contributed by atoms with Gasteiger partial charge in [-0.3, -0.25) is 9.80 Å². The Balaban J connectivity index is 0.000000202. The number of ether oxygens (including phenoxy) is 1. The van der Waals surface area contributed by atoms with Gasteiger partial charge in [0.05, 0.1) is 13.2 Å². The second-order valence-corrected chi connectivity index (χ2v) is 9.80. The lowest BCUT2D eigenvalue weighted by atomic mass is 10.1. The maximum Gasteiger partial charge on any atom is 0.0594 e. The monoisotopic (exact) mass is 383 g/mol. The third-order valence-electron chi connectivity index (χ3n) is 5.95. The second-order valence-electron chi connectivity index (χ2n) is 9.80. The second kappa shape index (κ2) is 13.1. The molecule has 0 spiro atoms. The normalized spacial score (nSPS) is 23.0. The van der Waals surface area contributed by atoms with Gasteiger partial charge in [0.25, 0.3) is 0 Å². The predicted octanol–water partition coefficient (Wildman–Crippen LogP) is 4.49. The fourth-order valence-corrected chi connectivity index (χ4v) is 3.92. The van der Waals surface area contributed by atoms with E-state index >= 15 is 0 Å². The van der Waals surface area contributed by atoms with Crippen molar-refractivity contribution in [2.75, 3.05) is 52.5 Å². The number of morpholine rings is 1. The average Bonchev–Trinajstić information content (AvgIpc) is 3.19. The Hall–Kier alpha value is -0.160. The van der Waals surface area contributed by atoms with Crippen LogP contribution in [0.2, 0.25) is 0 Å². The van der Waals surface area contributed by atoms with Crippen LogP contribution < -0.4 is 0 Å². The molecule has 3 heterocycles. The molecule has 4 nitrogen and oxygen atoms in total. The topological polar surface area (TPSA) is 19.0 Å². The fraction of sp³-hybridized carbons (Fsp3) is 1.00. The molecule has 3 fully saturated rings. The van der Waals surface area contributed by atoms with Crippen LogP contribution in [0.5, 0.6) is 0 Å². The number of likely N-dealkylation sites (tertiary alicyclic amines) is 2. The van der Waals surface area contributed by atoms with E-state index in [0.717, 1.165) is 32.3 Å². The van der Waals surface area contributed by atoms with Gasteiger partial charge in [0, 0.05) is 30.7 Å². The summed E-state index contributed by atoms with van der Waals surface area (Å²) in [5, 5.41) is 0. The minimum atomic E-state index is 0.413. The van der Waals surface area contributed by atoms with Crippen LogP contribution in [0.25, 0.3) is 0 Å². The van der Waals surface area contributed by atoms with E-state index in [4.69, 9.17) is 4.74 Å². The van der Waals surface area contributed by atoms with Crippen molar-refractivity contribution in [2.45, 2.75) is 98.2 Å². The van der Waals surface area contributed by atoms with Gasteiger partial charge in [0.1, 0.15) is 0 Å². The Morgan fingerprint density at radius 1 is 0.593 bits per heavy atom. The number of rotatable bonds is 2. The van der Waals surface area contributed by atoms with Crippen LogP contribution in [0.1, 0.15) is 80.6 Å². The molecule has 27 heavy (non-hydrogen) atoms. The highest BCUT2D eigenvalue weighted by molar-refractivity contribution is 4.79. The van der Waals surface area contributed by atoms with Gasteiger partial charge < -0.3 is 9.64 Å². The van der Waals surface area contributed by atoms with Crippen LogP contribution in [-0.4, -0.2) is 84.8 Å². The molecule has 0 unspecified atom stereocenters. The molecule has 0 N–H and O–H groups in total. The fourth-order valence-electron chi connectivity index (χ4n) is 3.92. The van der Waals surface area contributed by atoms with Crippen molar-refractivity contribution in [1.82, 2.24) is 14.7 Å². The standard InChI is InChI=1S/2C8H17N.C7H15NO/c1-8(2,3)9-6-4-5-7-9;1-8(2)9-6-4-3-5-7-9;1-7(2)8-3-5-9-6-4-8/h4-7H2,1-3H3;8H,3-7H2,1-2H3;7H,3-6H2,1-2H3. The third-order valence-corrected chi connectivity index (χ3v) is 5.95. The molecule has 0 bridgehead atoms. The molecule has 3 saturated heterocycles. The first-order valence-electron chi connectivity index (χ1n) is 11.5. The third kappa shape index (κ3) is 10.8. The lowest BCUT2D eigenvalue weighted by Gasteiger charge is -2.31. The molecule has 4 heteroatoms. The van der Waals surface area contributed by atoms with E-state index in [1.54, 1.807) is 0 Å². The summed E-state index contributed by atoms with van der Waals surface area (Å²) in [5.74, 6) is 0. The highest BCUT2D eigenvalue weighted by Gasteiger charge is 2.23. The van der Waals surface area contributed by atoms with Gasteiger partial charge >= 0.3 is 0 Å². The molecule has 0 aromatic heterocycles. The molecule has 0 aromatic carbocycles. The van der Waals surface area contributed by atoms with Crippen molar-refractivity contribution in [1.29, 1.82) is 0 Å². The summed E-state index contributed by atoms with van der Waals surface area (Å²) >= 11 is 0. The number of hydrogen-bond donors (Lipinski definition) is 0. The minimum Gasteiger partial charge on any atom is -0.379 e. The van der Waals surface area contributed by atoms with Gasteiger partial charge in [-0.25, -0.2) is 0 Å². The maximum absolute atomic E-state index is 5.21. The van der Waals surface area contributed by atoms with Crippen molar-refractivity contribution < 1.29 is 4.74 Å². The van der Waals surface area contributed by atoms with Crippen LogP contribution in [0.3, 0.4) is 0 Å². The zero-order valence-corrected chi connectivity index (χ0v) is 19.6. The van der Waals surface area contributed by atoms with E-state index in [9.17, 15) is 0 Å². The van der Waals surface area contributed by atoms with Gasteiger partial charge in [-0.2, -0.15) is 0 Å². The zero-order valence-electron chi connectivity index (χ0n) is 19.6. The number of piperidine rings is 1. The Labute approximate surface area is 170 Å². The molecule has 0 atom stereocenters. The molecule has 3 rings (SSSR count). The molecule has 0 radical (unpaired) electrons. The largest absolute Gasteiger partial charge is 0.379 e. The van der Waals surface area contributed by atoms with Crippen LogP contribution in [-0.2, 0) is 4.74 Å². The van der Waals surface area contributed by atoms with E-state index in [2.05, 4.69) is 63.2 Å². The summed E-state index contributed by atoms with van der Waals surface area (Å²) < 4.78 is 5.21. The van der Waals surface area contributed by atoms with Crippen molar-refractivity contribution in [2.24, 2.45) is 0 Å². The summed E-state index contributed by atoms with van der Waals surface area (Å²) in [6, 6.07) is 1.46. The van der Waals surface area contributed by atoms with E-state index in [0.29, 0.717) is 11.6 Å². The zero-order chi connectivity index (χ0) is 20.3. The Bertz CT molecular complexity index is 325. The van der Waals surface area contributed by atoms with E-state index in [1.807, 2.05) is 0 Å². The molecule has 3 aliphatic heterocycles. The Morgan fingerprint density at radius 3 is 1.30 bits per heavy atom. The van der Waals surface area contributed by atoms with Gasteiger partial charge in [-0.05, 0) is 100 Å². The van der Waals surface area contributed by atoms with Crippen LogP contribution in [0, 0.1) is 0 Å². The van der Waals surface area contributed by atoms with E-state index < -0.39 is 0 Å². The van der Waals surface area contributed by atoms with Crippen LogP contribution in [0.15, 0.2) is 0 Å². The number of hydrogen-bond acceptors (Lipinski definition) is 4. The Kier molecular flexibility index (Phi) is 12.1. The number of nitrogens with zero attached hydrogens (tertiary/aromatic N) is 3. The average molecular weight is 384 g/mol. The highest BCUT2D eigenvalue weighted by Crippen LogP contribution is 2.19. The molecule has 0 aliphatic carbocycles. The highest BCUT2D eigenvalue weighted by atomic mass is 16.5. The van der Waals surface area contributed by atoms with Crippen molar-refractivity contribution in [3.63, 3.8) is 0 Å². The van der Waals surface area contributed by atoms with Gasteiger partial charge in [0.2, 0.25) is 0 Å². The van der Waals surface area contributed by atoms with Crippen molar-refractivity contribution in [3.05, 3.63) is 0 Å². The van der Waals surface area contributed by atoms with E-state index in [1.165, 1.54) is 58.3 Å². The summed E-state index contributed by atoms with van der Waals surface area (Å²) in [5.41, 5.74) is 0.413. The molecular formula is C23H49N3O. The molecule has 0 amide bonds. The molecule has 0 saturated carbocycles. The molecule has 0 aromatic rings. The SMILES string of the molecule is CC(C)(C)N1CCCC1.CC(C)N1CCCCC1.CC(C)N1CCOCC1. The van der Waals surface area contributed by atoms with Crippen molar-refractivity contribution >= 4 is 0 Å². The first kappa shape index (κ1) is 24.9. The molecule has 3 aliphatic rings. The molecule has 162 valence electrons. The summed E-state index contributed by atoms with van der Waals surface area (Å²) in [7, 11) is 0.